The van der Waals surface area contributed by atoms with Crippen molar-refractivity contribution in [2.45, 2.75) is 9.79 Å². The highest BCUT2D eigenvalue weighted by Gasteiger charge is 2.32. The van der Waals surface area contributed by atoms with Gasteiger partial charge in [-0.25, -0.2) is 21.8 Å². The molecule has 0 bridgehead atoms. The zero-order chi connectivity index (χ0) is 21.4. The molecule has 0 aliphatic carbocycles. The molecule has 0 saturated carbocycles. The van der Waals surface area contributed by atoms with Crippen LogP contribution in [0.2, 0.25) is 5.02 Å². The van der Waals surface area contributed by atoms with E-state index in [1.165, 1.54) is 22.6 Å². The van der Waals surface area contributed by atoms with E-state index in [9.17, 15) is 21.6 Å². The molecule has 156 valence electrons. The van der Waals surface area contributed by atoms with Gasteiger partial charge in [0, 0.05) is 38.6 Å². The molecule has 3 rings (SSSR count). The van der Waals surface area contributed by atoms with E-state index in [-0.39, 0.29) is 46.6 Å². The monoisotopic (exact) mass is 458 g/mol. The van der Waals surface area contributed by atoms with E-state index in [0.29, 0.717) is 5.82 Å². The number of sulfonamides is 1. The second-order valence-corrected chi connectivity index (χ2v) is 10.8. The summed E-state index contributed by atoms with van der Waals surface area (Å²) < 4.78 is 50.9. The Morgan fingerprint density at radius 2 is 1.76 bits per heavy atom. The highest BCUT2D eigenvalue weighted by molar-refractivity contribution is 7.91. The van der Waals surface area contributed by atoms with E-state index in [0.717, 1.165) is 12.3 Å². The van der Waals surface area contributed by atoms with Crippen LogP contribution in [0.1, 0.15) is 10.4 Å². The molecule has 1 saturated heterocycles. The molecule has 9 nitrogen and oxygen atoms in total. The van der Waals surface area contributed by atoms with Gasteiger partial charge >= 0.3 is 0 Å². The molecule has 1 amide bonds. The summed E-state index contributed by atoms with van der Waals surface area (Å²) in [5.41, 5.74) is 5.64. The van der Waals surface area contributed by atoms with Gasteiger partial charge in [-0.15, -0.1) is 0 Å². The number of carbonyl (C=O) groups excluding carboxylic acids is 1. The fourth-order valence-electron chi connectivity index (χ4n) is 3.03. The number of amides is 1. The third-order valence-electron chi connectivity index (χ3n) is 4.54. The highest BCUT2D eigenvalue weighted by atomic mass is 35.5. The third-order valence-corrected chi connectivity index (χ3v) is 8.03. The topological polar surface area (TPSA) is 131 Å². The standard InChI is InChI=1S/C17H19ClN4O5S2/c1-28(24,25)12-4-5-14(18)15(11-12)29(26,27)22-9-7-21(8-10-22)17-13(16(19)23)3-2-6-20-17/h2-6,11H,7-10H2,1H3,(H2,19,23). The number of hydrogen-bond acceptors (Lipinski definition) is 7. The number of carbonyl (C=O) groups is 1. The highest BCUT2D eigenvalue weighted by Crippen LogP contribution is 2.29. The van der Waals surface area contributed by atoms with Crippen LogP contribution in [0.15, 0.2) is 46.3 Å². The van der Waals surface area contributed by atoms with Crippen LogP contribution in [0, 0.1) is 0 Å². The van der Waals surface area contributed by atoms with E-state index in [1.54, 1.807) is 17.0 Å². The molecule has 1 aliphatic rings. The van der Waals surface area contributed by atoms with Crippen LogP contribution >= 0.6 is 11.6 Å². The molecule has 2 heterocycles. The number of nitrogens with zero attached hydrogens (tertiary/aromatic N) is 3. The minimum atomic E-state index is -4.01. The largest absolute Gasteiger partial charge is 0.365 e. The fraction of sp³-hybridized carbons (Fsp3) is 0.294. The third kappa shape index (κ3) is 4.37. The zero-order valence-corrected chi connectivity index (χ0v) is 17.8. The van der Waals surface area contributed by atoms with Crippen molar-refractivity contribution in [3.63, 3.8) is 0 Å². The van der Waals surface area contributed by atoms with Crippen molar-refractivity contribution in [1.82, 2.24) is 9.29 Å². The first-order chi connectivity index (χ1) is 13.5. The van der Waals surface area contributed by atoms with Crippen LogP contribution in [0.4, 0.5) is 5.82 Å². The van der Waals surface area contributed by atoms with Crippen LogP contribution in [-0.4, -0.2) is 64.5 Å². The molecule has 1 aromatic heterocycles. The molecule has 2 aromatic rings. The lowest BCUT2D eigenvalue weighted by atomic mass is 10.2. The number of nitrogens with two attached hydrogens (primary N) is 1. The zero-order valence-electron chi connectivity index (χ0n) is 15.4. The summed E-state index contributed by atoms with van der Waals surface area (Å²) in [5.74, 6) is -0.221. The molecular formula is C17H19ClN4O5S2. The first-order valence-electron chi connectivity index (χ1n) is 8.51. The van der Waals surface area contributed by atoms with E-state index < -0.39 is 25.8 Å². The molecular weight excluding hydrogens is 440 g/mol. The van der Waals surface area contributed by atoms with Gasteiger partial charge < -0.3 is 10.6 Å². The van der Waals surface area contributed by atoms with E-state index >= 15 is 0 Å². The quantitative estimate of drug-likeness (QED) is 0.699. The van der Waals surface area contributed by atoms with E-state index in [2.05, 4.69) is 4.98 Å². The maximum atomic E-state index is 13.0. The number of primary amides is 1. The second kappa shape index (κ2) is 7.90. The second-order valence-electron chi connectivity index (χ2n) is 6.49. The Balaban J connectivity index is 1.85. The van der Waals surface area contributed by atoms with Gasteiger partial charge in [-0.05, 0) is 30.3 Å². The van der Waals surface area contributed by atoms with Crippen molar-refractivity contribution < 1.29 is 21.6 Å². The summed E-state index contributed by atoms with van der Waals surface area (Å²) in [5, 5.41) is -0.0550. The van der Waals surface area contributed by atoms with Crippen LogP contribution in [0.25, 0.3) is 0 Å². The number of sulfone groups is 1. The van der Waals surface area contributed by atoms with Gasteiger partial charge in [0.25, 0.3) is 5.91 Å². The number of anilines is 1. The van der Waals surface area contributed by atoms with Crippen molar-refractivity contribution in [1.29, 1.82) is 0 Å². The lowest BCUT2D eigenvalue weighted by Gasteiger charge is -2.35. The van der Waals surface area contributed by atoms with Gasteiger partial charge in [-0.2, -0.15) is 4.31 Å². The molecule has 12 heteroatoms. The number of benzene rings is 1. The maximum absolute atomic E-state index is 13.0. The fourth-order valence-corrected chi connectivity index (χ4v) is 5.68. The van der Waals surface area contributed by atoms with Crippen molar-refractivity contribution in [3.8, 4) is 0 Å². The molecule has 0 spiro atoms. The molecule has 0 radical (unpaired) electrons. The number of rotatable bonds is 5. The van der Waals surface area contributed by atoms with Crippen molar-refractivity contribution in [2.75, 3.05) is 37.3 Å². The Kier molecular flexibility index (Phi) is 5.86. The summed E-state index contributed by atoms with van der Waals surface area (Å²) in [6, 6.07) is 6.75. The minimum absolute atomic E-state index is 0.0550. The normalized spacial score (nSPS) is 16.0. The van der Waals surface area contributed by atoms with Gasteiger partial charge in [0.1, 0.15) is 10.7 Å². The molecule has 1 aromatic carbocycles. The van der Waals surface area contributed by atoms with Crippen LogP contribution in [0.3, 0.4) is 0 Å². The summed E-state index contributed by atoms with van der Waals surface area (Å²) in [7, 11) is -7.60. The van der Waals surface area contributed by atoms with Gasteiger partial charge in [-0.1, -0.05) is 11.6 Å². The van der Waals surface area contributed by atoms with Gasteiger partial charge in [0.05, 0.1) is 15.5 Å². The van der Waals surface area contributed by atoms with Crippen molar-refractivity contribution in [3.05, 3.63) is 47.1 Å². The smallest absolute Gasteiger partial charge is 0.252 e. The lowest BCUT2D eigenvalue weighted by Crippen LogP contribution is -2.49. The first-order valence-corrected chi connectivity index (χ1v) is 12.2. The molecule has 0 unspecified atom stereocenters. The predicted molar refractivity (Wildman–Crippen MR) is 108 cm³/mol. The van der Waals surface area contributed by atoms with Gasteiger partial charge in [0.15, 0.2) is 9.84 Å². The van der Waals surface area contributed by atoms with Crippen molar-refractivity contribution in [2.24, 2.45) is 5.73 Å². The number of halogens is 1. The van der Waals surface area contributed by atoms with Crippen LogP contribution in [0.5, 0.6) is 0 Å². The number of pyridine rings is 1. The van der Waals surface area contributed by atoms with Crippen LogP contribution < -0.4 is 10.6 Å². The summed E-state index contributed by atoms with van der Waals surface area (Å²) in [6.07, 6.45) is 2.52. The summed E-state index contributed by atoms with van der Waals surface area (Å²) >= 11 is 6.06. The molecule has 2 N–H and O–H groups in total. The number of aromatic nitrogens is 1. The Labute approximate surface area is 174 Å². The lowest BCUT2D eigenvalue weighted by molar-refractivity contribution is 0.1000. The maximum Gasteiger partial charge on any atom is 0.252 e. The van der Waals surface area contributed by atoms with Crippen LogP contribution in [-0.2, 0) is 19.9 Å². The number of hydrogen-bond donors (Lipinski definition) is 1. The molecule has 1 aliphatic heterocycles. The summed E-state index contributed by atoms with van der Waals surface area (Å²) in [6.45, 7) is 0.771. The SMILES string of the molecule is CS(=O)(=O)c1ccc(Cl)c(S(=O)(=O)N2CCN(c3ncccc3C(N)=O)CC2)c1. The van der Waals surface area contributed by atoms with E-state index in [4.69, 9.17) is 17.3 Å². The average molecular weight is 459 g/mol. The van der Waals surface area contributed by atoms with Gasteiger partial charge in [-0.3, -0.25) is 4.79 Å². The first kappa shape index (κ1) is 21.5. The molecule has 0 atom stereocenters. The van der Waals surface area contributed by atoms with E-state index in [1.807, 2.05) is 0 Å². The molecule has 29 heavy (non-hydrogen) atoms. The Morgan fingerprint density at radius 3 is 2.34 bits per heavy atom. The summed E-state index contributed by atoms with van der Waals surface area (Å²) in [4.78, 5) is 17.2. The number of piperazine rings is 1. The Bertz CT molecular complexity index is 1160. The minimum Gasteiger partial charge on any atom is -0.365 e. The Hall–Kier alpha value is -2.21. The predicted octanol–water partition coefficient (Wildman–Crippen LogP) is 0.748. The van der Waals surface area contributed by atoms with Crippen molar-refractivity contribution >= 4 is 43.2 Å². The Morgan fingerprint density at radius 1 is 1.10 bits per heavy atom. The average Bonchev–Trinajstić information content (AvgIpc) is 2.67. The molecule has 1 fully saturated rings. The van der Waals surface area contributed by atoms with Gasteiger partial charge in [0.2, 0.25) is 10.0 Å².